The van der Waals surface area contributed by atoms with Crippen LogP contribution in [0.4, 0.5) is 0 Å². The number of rotatable bonds is 1. The van der Waals surface area contributed by atoms with E-state index in [-0.39, 0.29) is 5.43 Å². The van der Waals surface area contributed by atoms with Crippen LogP contribution in [0, 0.1) is 5.41 Å². The lowest BCUT2D eigenvalue weighted by Gasteiger charge is -2.34. The van der Waals surface area contributed by atoms with Crippen molar-refractivity contribution in [3.05, 3.63) is 46.3 Å². The van der Waals surface area contributed by atoms with Crippen LogP contribution in [-0.4, -0.2) is 0 Å². The highest BCUT2D eigenvalue weighted by Gasteiger charge is 2.30. The van der Waals surface area contributed by atoms with Crippen molar-refractivity contribution in [2.24, 2.45) is 5.41 Å². The first-order chi connectivity index (χ1) is 9.05. The maximum atomic E-state index is 12.1. The third-order valence-electron chi connectivity index (χ3n) is 4.26. The lowest BCUT2D eigenvalue weighted by Crippen LogP contribution is -2.22. The van der Waals surface area contributed by atoms with Crippen molar-refractivity contribution in [3.63, 3.8) is 0 Å². The normalized spacial score (nSPS) is 22.5. The van der Waals surface area contributed by atoms with Crippen molar-refractivity contribution in [3.8, 4) is 0 Å². The highest BCUT2D eigenvalue weighted by atomic mass is 16.3. The van der Waals surface area contributed by atoms with Crippen molar-refractivity contribution in [1.29, 1.82) is 0 Å². The van der Waals surface area contributed by atoms with Gasteiger partial charge < -0.3 is 4.42 Å². The van der Waals surface area contributed by atoms with Crippen LogP contribution in [0.3, 0.4) is 0 Å². The molecule has 1 aromatic heterocycles. The Morgan fingerprint density at radius 3 is 2.84 bits per heavy atom. The summed E-state index contributed by atoms with van der Waals surface area (Å²) in [4.78, 5) is 12.1. The summed E-state index contributed by atoms with van der Waals surface area (Å²) in [5.41, 5.74) is 1.15. The minimum atomic E-state index is 0.0835. The van der Waals surface area contributed by atoms with Gasteiger partial charge in [-0.05, 0) is 36.8 Å². The molecule has 2 heteroatoms. The second kappa shape index (κ2) is 4.52. The SMILES string of the molecule is CC1(C)CCCC(c2cc(=O)c3ccccc3o2)C1. The highest BCUT2D eigenvalue weighted by Crippen LogP contribution is 2.43. The van der Waals surface area contributed by atoms with E-state index in [1.54, 1.807) is 6.07 Å². The average molecular weight is 256 g/mol. The molecule has 0 N–H and O–H groups in total. The zero-order chi connectivity index (χ0) is 13.5. The molecule has 0 aliphatic heterocycles. The Bertz CT molecular complexity index is 652. The third kappa shape index (κ3) is 2.44. The van der Waals surface area contributed by atoms with E-state index >= 15 is 0 Å². The van der Waals surface area contributed by atoms with E-state index in [4.69, 9.17) is 4.42 Å². The molecule has 1 fully saturated rings. The molecule has 1 unspecified atom stereocenters. The van der Waals surface area contributed by atoms with Gasteiger partial charge in [-0.2, -0.15) is 0 Å². The van der Waals surface area contributed by atoms with E-state index in [9.17, 15) is 4.79 Å². The van der Waals surface area contributed by atoms with Crippen LogP contribution in [0.25, 0.3) is 11.0 Å². The largest absolute Gasteiger partial charge is 0.461 e. The van der Waals surface area contributed by atoms with Crippen molar-refractivity contribution in [2.45, 2.75) is 45.4 Å². The summed E-state index contributed by atoms with van der Waals surface area (Å²) >= 11 is 0. The molecule has 2 nitrogen and oxygen atoms in total. The van der Waals surface area contributed by atoms with Crippen molar-refractivity contribution in [2.75, 3.05) is 0 Å². The fourth-order valence-corrected chi connectivity index (χ4v) is 3.26. The monoisotopic (exact) mass is 256 g/mol. The Balaban J connectivity index is 2.03. The van der Waals surface area contributed by atoms with E-state index < -0.39 is 0 Å². The van der Waals surface area contributed by atoms with Gasteiger partial charge in [0.15, 0.2) is 5.43 Å². The van der Waals surface area contributed by atoms with Gasteiger partial charge in [-0.1, -0.05) is 32.4 Å². The van der Waals surface area contributed by atoms with E-state index in [0.717, 1.165) is 18.6 Å². The Labute approximate surface area is 113 Å². The van der Waals surface area contributed by atoms with Crippen LogP contribution in [0.2, 0.25) is 0 Å². The predicted molar refractivity (Wildman–Crippen MR) is 77.5 cm³/mol. The molecule has 0 amide bonds. The van der Waals surface area contributed by atoms with Crippen molar-refractivity contribution < 1.29 is 4.42 Å². The number of hydrogen-bond donors (Lipinski definition) is 0. The Morgan fingerprint density at radius 1 is 1.26 bits per heavy atom. The molecule has 0 radical (unpaired) electrons. The van der Waals surface area contributed by atoms with Crippen LogP contribution < -0.4 is 5.43 Å². The van der Waals surface area contributed by atoms with Gasteiger partial charge in [0, 0.05) is 12.0 Å². The van der Waals surface area contributed by atoms with Gasteiger partial charge in [-0.3, -0.25) is 4.79 Å². The van der Waals surface area contributed by atoms with Gasteiger partial charge in [0.2, 0.25) is 0 Å². The minimum Gasteiger partial charge on any atom is -0.461 e. The summed E-state index contributed by atoms with van der Waals surface area (Å²) in [7, 11) is 0. The van der Waals surface area contributed by atoms with Gasteiger partial charge in [0.25, 0.3) is 0 Å². The molecule has 100 valence electrons. The maximum absolute atomic E-state index is 12.1. The van der Waals surface area contributed by atoms with Gasteiger partial charge in [0.1, 0.15) is 11.3 Å². The Kier molecular flexibility index (Phi) is 2.96. The summed E-state index contributed by atoms with van der Waals surface area (Å²) in [6, 6.07) is 9.21. The molecule has 0 saturated heterocycles. The van der Waals surface area contributed by atoms with E-state index in [2.05, 4.69) is 13.8 Å². The second-order valence-electron chi connectivity index (χ2n) is 6.47. The standard InChI is InChI=1S/C17H20O2/c1-17(2)9-5-6-12(11-17)16-10-14(18)13-7-3-4-8-15(13)19-16/h3-4,7-8,10,12H,5-6,9,11H2,1-2H3. The van der Waals surface area contributed by atoms with E-state index in [1.807, 2.05) is 24.3 Å². The molecule has 1 atom stereocenters. The molecule has 1 saturated carbocycles. The average Bonchev–Trinajstić information content (AvgIpc) is 2.37. The zero-order valence-corrected chi connectivity index (χ0v) is 11.6. The minimum absolute atomic E-state index is 0.0835. The molecule has 3 rings (SSSR count). The number of fused-ring (bicyclic) bond motifs is 1. The number of hydrogen-bond acceptors (Lipinski definition) is 2. The molecule has 1 aromatic carbocycles. The van der Waals surface area contributed by atoms with Gasteiger partial charge >= 0.3 is 0 Å². The fraction of sp³-hybridized carbons (Fsp3) is 0.471. The molecular formula is C17H20O2. The molecule has 0 spiro atoms. The van der Waals surface area contributed by atoms with Crippen LogP contribution in [0.1, 0.15) is 51.2 Å². The second-order valence-corrected chi connectivity index (χ2v) is 6.47. The quantitative estimate of drug-likeness (QED) is 0.753. The lowest BCUT2D eigenvalue weighted by molar-refractivity contribution is 0.205. The van der Waals surface area contributed by atoms with Crippen molar-refractivity contribution in [1.82, 2.24) is 0 Å². The van der Waals surface area contributed by atoms with Gasteiger partial charge in [-0.25, -0.2) is 0 Å². The predicted octanol–water partition coefficient (Wildman–Crippen LogP) is 4.48. The first-order valence-corrected chi connectivity index (χ1v) is 7.08. The molecule has 1 heterocycles. The highest BCUT2D eigenvalue weighted by molar-refractivity contribution is 5.76. The van der Waals surface area contributed by atoms with Gasteiger partial charge in [-0.15, -0.1) is 0 Å². The molecule has 2 aromatic rings. The van der Waals surface area contributed by atoms with E-state index in [0.29, 0.717) is 22.3 Å². The third-order valence-corrected chi connectivity index (χ3v) is 4.26. The molecule has 0 bridgehead atoms. The summed E-state index contributed by atoms with van der Waals surface area (Å²) < 4.78 is 5.98. The smallest absolute Gasteiger partial charge is 0.192 e. The molecule has 1 aliphatic rings. The summed E-state index contributed by atoms with van der Waals surface area (Å²) in [5.74, 6) is 1.26. The molecule has 19 heavy (non-hydrogen) atoms. The number of benzene rings is 1. The maximum Gasteiger partial charge on any atom is 0.192 e. The Morgan fingerprint density at radius 2 is 2.05 bits per heavy atom. The van der Waals surface area contributed by atoms with Crippen LogP contribution in [0.15, 0.2) is 39.5 Å². The van der Waals surface area contributed by atoms with Crippen LogP contribution in [-0.2, 0) is 0 Å². The lowest BCUT2D eigenvalue weighted by atomic mass is 9.71. The Hall–Kier alpha value is -1.57. The summed E-state index contributed by atoms with van der Waals surface area (Å²) in [5, 5.41) is 0.682. The number of para-hydroxylation sites is 1. The van der Waals surface area contributed by atoms with E-state index in [1.165, 1.54) is 12.8 Å². The topological polar surface area (TPSA) is 30.2 Å². The van der Waals surface area contributed by atoms with Gasteiger partial charge in [0.05, 0.1) is 5.39 Å². The summed E-state index contributed by atoms with van der Waals surface area (Å²) in [6.45, 7) is 4.61. The fourth-order valence-electron chi connectivity index (χ4n) is 3.26. The van der Waals surface area contributed by atoms with Crippen molar-refractivity contribution >= 4 is 11.0 Å². The molecular weight excluding hydrogens is 236 g/mol. The zero-order valence-electron chi connectivity index (χ0n) is 11.6. The first-order valence-electron chi connectivity index (χ1n) is 7.08. The van der Waals surface area contributed by atoms with Crippen LogP contribution in [0.5, 0.6) is 0 Å². The summed E-state index contributed by atoms with van der Waals surface area (Å²) in [6.07, 6.45) is 4.72. The first kappa shape index (κ1) is 12.5. The molecule has 1 aliphatic carbocycles. The van der Waals surface area contributed by atoms with Crippen LogP contribution >= 0.6 is 0 Å².